The molecule has 0 unspecified atom stereocenters. The van der Waals surface area contributed by atoms with E-state index in [0.717, 1.165) is 22.6 Å². The van der Waals surface area contributed by atoms with Gasteiger partial charge in [0.25, 0.3) is 0 Å². The van der Waals surface area contributed by atoms with Crippen LogP contribution in [0.2, 0.25) is 0 Å². The summed E-state index contributed by atoms with van der Waals surface area (Å²) >= 11 is 0. The second-order valence-corrected chi connectivity index (χ2v) is 4.32. The molecule has 0 aliphatic carbocycles. The zero-order valence-electron chi connectivity index (χ0n) is 10.3. The van der Waals surface area contributed by atoms with Crippen LogP contribution in [0.1, 0.15) is 17.0 Å². The third-order valence-corrected chi connectivity index (χ3v) is 3.19. The van der Waals surface area contributed by atoms with Crippen molar-refractivity contribution in [2.75, 3.05) is 0 Å². The molecule has 2 aromatic carbocycles. The summed E-state index contributed by atoms with van der Waals surface area (Å²) in [6.45, 7) is 3.54. The van der Waals surface area contributed by atoms with Gasteiger partial charge in [-0.25, -0.2) is 0 Å². The monoisotopic (exact) mass is 251 g/mol. The van der Waals surface area contributed by atoms with Crippen LogP contribution in [0.25, 0.3) is 0 Å². The van der Waals surface area contributed by atoms with Crippen LogP contribution in [0.3, 0.4) is 0 Å². The summed E-state index contributed by atoms with van der Waals surface area (Å²) in [6, 6.07) is 15.2. The van der Waals surface area contributed by atoms with Crippen molar-refractivity contribution >= 4 is 5.91 Å². The van der Waals surface area contributed by atoms with E-state index in [9.17, 15) is 4.79 Å². The Morgan fingerprint density at radius 1 is 1.05 bits per heavy atom. The quantitative estimate of drug-likeness (QED) is 0.890. The fourth-order valence-corrected chi connectivity index (χ4v) is 2.38. The maximum Gasteiger partial charge on any atom is 0.236 e. The molecule has 94 valence electrons. The Kier molecular flexibility index (Phi) is 2.80. The summed E-state index contributed by atoms with van der Waals surface area (Å²) in [5.74, 6) is 0.994. The minimum atomic E-state index is -0.362. The largest absolute Gasteiger partial charge is 0.457 e. The summed E-state index contributed by atoms with van der Waals surface area (Å²) in [7, 11) is 0. The molecule has 0 bridgehead atoms. The zero-order valence-corrected chi connectivity index (χ0v) is 10.3. The first-order valence-corrected chi connectivity index (χ1v) is 6.08. The highest BCUT2D eigenvalue weighted by Crippen LogP contribution is 2.43. The lowest BCUT2D eigenvalue weighted by Crippen LogP contribution is -2.27. The van der Waals surface area contributed by atoms with Gasteiger partial charge in [0.2, 0.25) is 5.91 Å². The van der Waals surface area contributed by atoms with E-state index in [2.05, 4.69) is 11.9 Å². The van der Waals surface area contributed by atoms with Gasteiger partial charge in [0.1, 0.15) is 11.5 Å². The predicted molar refractivity (Wildman–Crippen MR) is 73.1 cm³/mol. The van der Waals surface area contributed by atoms with Crippen molar-refractivity contribution in [1.82, 2.24) is 5.32 Å². The van der Waals surface area contributed by atoms with Gasteiger partial charge < -0.3 is 10.1 Å². The Balaban J connectivity index is 2.16. The second kappa shape index (κ2) is 4.61. The fourth-order valence-electron chi connectivity index (χ4n) is 2.38. The number of ether oxygens (including phenoxy) is 1. The molecule has 2 aromatic rings. The zero-order chi connectivity index (χ0) is 13.2. The number of fused-ring (bicyclic) bond motifs is 2. The van der Waals surface area contributed by atoms with E-state index in [4.69, 9.17) is 4.74 Å². The van der Waals surface area contributed by atoms with Gasteiger partial charge in [0, 0.05) is 11.1 Å². The van der Waals surface area contributed by atoms with Gasteiger partial charge in [0.05, 0.1) is 5.92 Å². The van der Waals surface area contributed by atoms with Crippen LogP contribution in [0.4, 0.5) is 0 Å². The van der Waals surface area contributed by atoms with Crippen molar-refractivity contribution in [3.63, 3.8) is 0 Å². The van der Waals surface area contributed by atoms with Gasteiger partial charge in [-0.1, -0.05) is 43.0 Å². The molecule has 1 amide bonds. The van der Waals surface area contributed by atoms with E-state index >= 15 is 0 Å². The lowest BCUT2D eigenvalue weighted by Gasteiger charge is -2.26. The van der Waals surface area contributed by atoms with Crippen LogP contribution in [-0.2, 0) is 4.79 Å². The molecule has 1 aliphatic heterocycles. The van der Waals surface area contributed by atoms with E-state index in [1.807, 2.05) is 48.5 Å². The van der Waals surface area contributed by atoms with Crippen LogP contribution in [0.15, 0.2) is 61.3 Å². The minimum absolute atomic E-state index is 0.0989. The Morgan fingerprint density at radius 2 is 1.58 bits per heavy atom. The van der Waals surface area contributed by atoms with Crippen LogP contribution in [-0.4, -0.2) is 5.91 Å². The van der Waals surface area contributed by atoms with Crippen molar-refractivity contribution in [3.8, 4) is 11.5 Å². The van der Waals surface area contributed by atoms with E-state index in [0.29, 0.717) is 0 Å². The smallest absolute Gasteiger partial charge is 0.236 e. The normalized spacial score (nSPS) is 12.8. The average molecular weight is 251 g/mol. The molecule has 0 aromatic heterocycles. The molecule has 19 heavy (non-hydrogen) atoms. The van der Waals surface area contributed by atoms with Crippen molar-refractivity contribution in [2.24, 2.45) is 0 Å². The van der Waals surface area contributed by atoms with Crippen LogP contribution >= 0.6 is 0 Å². The van der Waals surface area contributed by atoms with E-state index in [1.165, 1.54) is 6.20 Å². The fraction of sp³-hybridized carbons (Fsp3) is 0.0625. The van der Waals surface area contributed by atoms with Gasteiger partial charge in [-0.15, -0.1) is 0 Å². The predicted octanol–water partition coefficient (Wildman–Crippen LogP) is 3.18. The first kappa shape index (κ1) is 11.5. The molecule has 0 saturated heterocycles. The third kappa shape index (κ3) is 1.89. The lowest BCUT2D eigenvalue weighted by molar-refractivity contribution is -0.120. The number of para-hydroxylation sites is 2. The summed E-state index contributed by atoms with van der Waals surface area (Å²) in [6.07, 6.45) is 1.41. The van der Waals surface area contributed by atoms with Crippen molar-refractivity contribution < 1.29 is 9.53 Å². The Morgan fingerprint density at radius 3 is 2.11 bits per heavy atom. The highest BCUT2D eigenvalue weighted by Gasteiger charge is 2.31. The summed E-state index contributed by atoms with van der Waals surface area (Å²) in [5.41, 5.74) is 1.75. The molecule has 1 heterocycles. The average Bonchev–Trinajstić information content (AvgIpc) is 2.44. The molecule has 0 spiro atoms. The molecular weight excluding hydrogens is 238 g/mol. The molecule has 3 rings (SSSR count). The van der Waals surface area contributed by atoms with E-state index in [-0.39, 0.29) is 11.8 Å². The van der Waals surface area contributed by atoms with E-state index in [1.54, 1.807) is 0 Å². The Bertz CT molecular complexity index is 603. The van der Waals surface area contributed by atoms with Crippen molar-refractivity contribution in [1.29, 1.82) is 0 Å². The number of carbonyl (C=O) groups excluding carboxylic acids is 1. The van der Waals surface area contributed by atoms with Gasteiger partial charge in [-0.2, -0.15) is 0 Å². The third-order valence-electron chi connectivity index (χ3n) is 3.19. The number of amides is 1. The first-order chi connectivity index (χ1) is 9.31. The standard InChI is InChI=1S/C16H13NO2/c1-2-17-16(18)15-11-7-3-5-9-13(11)19-14-10-6-4-8-12(14)15/h2-10,15H,1H2,(H,17,18). The molecule has 1 N–H and O–H groups in total. The van der Waals surface area contributed by atoms with Crippen LogP contribution < -0.4 is 10.1 Å². The number of nitrogens with one attached hydrogen (secondary N) is 1. The maximum atomic E-state index is 12.3. The molecule has 0 saturated carbocycles. The summed E-state index contributed by atoms with van der Waals surface area (Å²) in [5, 5.41) is 2.67. The second-order valence-electron chi connectivity index (χ2n) is 4.32. The van der Waals surface area contributed by atoms with Crippen LogP contribution in [0.5, 0.6) is 11.5 Å². The number of benzene rings is 2. The van der Waals surface area contributed by atoms with Crippen molar-refractivity contribution in [2.45, 2.75) is 5.92 Å². The summed E-state index contributed by atoms with van der Waals surface area (Å²) in [4.78, 5) is 12.3. The Hall–Kier alpha value is -2.55. The number of hydrogen-bond acceptors (Lipinski definition) is 2. The van der Waals surface area contributed by atoms with Crippen molar-refractivity contribution in [3.05, 3.63) is 72.4 Å². The highest BCUT2D eigenvalue weighted by molar-refractivity contribution is 5.90. The SMILES string of the molecule is C=CNC(=O)C1c2ccccc2Oc2ccccc21. The number of carbonyl (C=O) groups is 1. The molecule has 0 fully saturated rings. The van der Waals surface area contributed by atoms with Crippen LogP contribution in [0, 0.1) is 0 Å². The number of rotatable bonds is 2. The molecule has 3 nitrogen and oxygen atoms in total. The lowest BCUT2D eigenvalue weighted by atomic mass is 9.87. The topological polar surface area (TPSA) is 38.3 Å². The minimum Gasteiger partial charge on any atom is -0.457 e. The molecule has 1 aliphatic rings. The molecule has 3 heteroatoms. The molecule has 0 radical (unpaired) electrons. The maximum absolute atomic E-state index is 12.3. The number of hydrogen-bond donors (Lipinski definition) is 1. The van der Waals surface area contributed by atoms with Gasteiger partial charge in [-0.05, 0) is 18.3 Å². The Labute approximate surface area is 111 Å². The van der Waals surface area contributed by atoms with Gasteiger partial charge in [0.15, 0.2) is 0 Å². The first-order valence-electron chi connectivity index (χ1n) is 6.08. The molecule has 0 atom stereocenters. The molecular formula is C16H13NO2. The van der Waals surface area contributed by atoms with Gasteiger partial charge >= 0.3 is 0 Å². The highest BCUT2D eigenvalue weighted by atomic mass is 16.5. The summed E-state index contributed by atoms with van der Waals surface area (Å²) < 4.78 is 5.83. The van der Waals surface area contributed by atoms with E-state index < -0.39 is 0 Å². The van der Waals surface area contributed by atoms with Gasteiger partial charge in [-0.3, -0.25) is 4.79 Å².